The smallest absolute Gasteiger partial charge is 0.338 e. The molecule has 0 N–H and O–H groups in total. The molecule has 0 unspecified atom stereocenters. The number of ether oxygens (including phenoxy) is 1. The average molecular weight is 255 g/mol. The summed E-state index contributed by atoms with van der Waals surface area (Å²) in [6.45, 7) is 1.79. The van der Waals surface area contributed by atoms with E-state index in [1.54, 1.807) is 49.6 Å². The third-order valence-electron chi connectivity index (χ3n) is 2.72. The fourth-order valence-corrected chi connectivity index (χ4v) is 1.61. The van der Waals surface area contributed by atoms with E-state index in [-0.39, 0.29) is 6.10 Å². The lowest BCUT2D eigenvalue weighted by atomic mass is 10.1. The van der Waals surface area contributed by atoms with Crippen LogP contribution in [0, 0.1) is 0 Å². The van der Waals surface area contributed by atoms with Gasteiger partial charge in [0.25, 0.3) is 0 Å². The largest absolute Gasteiger partial charge is 0.454 e. The Kier molecular flexibility index (Phi) is 4.03. The van der Waals surface area contributed by atoms with Gasteiger partial charge in [0, 0.05) is 23.5 Å². The maximum atomic E-state index is 11.9. The Morgan fingerprint density at radius 1 is 1.26 bits per heavy atom. The molecule has 19 heavy (non-hydrogen) atoms. The zero-order chi connectivity index (χ0) is 13.7. The Balaban J connectivity index is 2.06. The van der Waals surface area contributed by atoms with Crippen molar-refractivity contribution in [2.45, 2.75) is 13.0 Å². The van der Waals surface area contributed by atoms with Crippen LogP contribution in [-0.4, -0.2) is 17.2 Å². The van der Waals surface area contributed by atoms with Gasteiger partial charge >= 0.3 is 5.97 Å². The average Bonchev–Trinajstić information content (AvgIpc) is 2.48. The zero-order valence-electron chi connectivity index (χ0n) is 10.4. The number of aromatic nitrogens is 1. The van der Waals surface area contributed by atoms with Crippen molar-refractivity contribution < 1.29 is 14.3 Å². The second-order valence-electron chi connectivity index (χ2n) is 4.07. The summed E-state index contributed by atoms with van der Waals surface area (Å²) in [5, 5.41) is 0. The highest BCUT2D eigenvalue weighted by molar-refractivity contribution is 5.90. The van der Waals surface area contributed by atoms with Crippen molar-refractivity contribution in [2.24, 2.45) is 0 Å². The van der Waals surface area contributed by atoms with Gasteiger partial charge < -0.3 is 4.74 Å². The predicted octanol–water partition coefficient (Wildman–Crippen LogP) is 2.81. The molecule has 0 saturated carbocycles. The molecule has 1 aromatic carbocycles. The van der Waals surface area contributed by atoms with Crippen LogP contribution in [0.5, 0.6) is 0 Å². The summed E-state index contributed by atoms with van der Waals surface area (Å²) in [5.41, 5.74) is 1.78. The Bertz CT molecular complexity index is 564. The van der Waals surface area contributed by atoms with E-state index in [9.17, 15) is 9.59 Å². The highest BCUT2D eigenvalue weighted by Gasteiger charge is 2.13. The van der Waals surface area contributed by atoms with E-state index < -0.39 is 5.97 Å². The molecule has 0 aliphatic rings. The standard InChI is InChI=1S/C15H13NO3/c1-11(14-3-2-8-16-9-14)19-15(18)13-6-4-12(10-17)5-7-13/h2-11H,1H3/t11-/m0/s1. The van der Waals surface area contributed by atoms with Crippen LogP contribution in [-0.2, 0) is 4.74 Å². The van der Waals surface area contributed by atoms with Gasteiger partial charge in [-0.2, -0.15) is 0 Å². The molecule has 0 radical (unpaired) electrons. The highest BCUT2D eigenvalue weighted by atomic mass is 16.5. The lowest BCUT2D eigenvalue weighted by molar-refractivity contribution is 0.0337. The van der Waals surface area contributed by atoms with Crippen LogP contribution in [0.15, 0.2) is 48.8 Å². The molecule has 0 bridgehead atoms. The molecule has 1 heterocycles. The Labute approximate surface area is 111 Å². The van der Waals surface area contributed by atoms with E-state index >= 15 is 0 Å². The number of nitrogens with zero attached hydrogens (tertiary/aromatic N) is 1. The molecular formula is C15H13NO3. The van der Waals surface area contributed by atoms with Gasteiger partial charge in [-0.3, -0.25) is 9.78 Å². The number of carbonyl (C=O) groups is 2. The van der Waals surface area contributed by atoms with Crippen molar-refractivity contribution in [1.29, 1.82) is 0 Å². The summed E-state index contributed by atoms with van der Waals surface area (Å²) in [4.78, 5) is 26.4. The van der Waals surface area contributed by atoms with E-state index in [1.165, 1.54) is 0 Å². The molecule has 1 atom stereocenters. The molecular weight excluding hydrogens is 242 g/mol. The fourth-order valence-electron chi connectivity index (χ4n) is 1.61. The molecule has 2 rings (SSSR count). The Morgan fingerprint density at radius 3 is 2.58 bits per heavy atom. The highest BCUT2D eigenvalue weighted by Crippen LogP contribution is 2.17. The van der Waals surface area contributed by atoms with Crippen molar-refractivity contribution in [2.75, 3.05) is 0 Å². The summed E-state index contributed by atoms with van der Waals surface area (Å²) in [6.07, 6.45) is 3.68. The van der Waals surface area contributed by atoms with Gasteiger partial charge in [-0.1, -0.05) is 18.2 Å². The summed E-state index contributed by atoms with van der Waals surface area (Å²) in [7, 11) is 0. The van der Waals surface area contributed by atoms with E-state index in [0.29, 0.717) is 11.1 Å². The number of rotatable bonds is 4. The number of carbonyl (C=O) groups excluding carboxylic acids is 2. The molecule has 0 aliphatic heterocycles. The topological polar surface area (TPSA) is 56.3 Å². The van der Waals surface area contributed by atoms with Gasteiger partial charge in [0.05, 0.1) is 5.56 Å². The lowest BCUT2D eigenvalue weighted by Gasteiger charge is -2.13. The number of pyridine rings is 1. The number of hydrogen-bond donors (Lipinski definition) is 0. The van der Waals surface area contributed by atoms with Gasteiger partial charge in [-0.15, -0.1) is 0 Å². The normalized spacial score (nSPS) is 11.6. The Morgan fingerprint density at radius 2 is 2.00 bits per heavy atom. The van der Waals surface area contributed by atoms with E-state index in [1.807, 2.05) is 6.07 Å². The predicted molar refractivity (Wildman–Crippen MR) is 69.9 cm³/mol. The zero-order valence-corrected chi connectivity index (χ0v) is 10.4. The van der Waals surface area contributed by atoms with E-state index in [0.717, 1.165) is 11.8 Å². The van der Waals surface area contributed by atoms with Crippen molar-refractivity contribution in [3.8, 4) is 0 Å². The first-order valence-corrected chi connectivity index (χ1v) is 5.87. The number of hydrogen-bond acceptors (Lipinski definition) is 4. The monoisotopic (exact) mass is 255 g/mol. The first-order chi connectivity index (χ1) is 9.20. The molecule has 0 amide bonds. The van der Waals surface area contributed by atoms with Crippen molar-refractivity contribution in [3.63, 3.8) is 0 Å². The second kappa shape index (κ2) is 5.91. The maximum absolute atomic E-state index is 11.9. The summed E-state index contributed by atoms with van der Waals surface area (Å²) in [6, 6.07) is 9.94. The lowest BCUT2D eigenvalue weighted by Crippen LogP contribution is -2.09. The van der Waals surface area contributed by atoms with Crippen molar-refractivity contribution in [3.05, 3.63) is 65.5 Å². The molecule has 0 saturated heterocycles. The minimum Gasteiger partial charge on any atom is -0.454 e. The van der Waals surface area contributed by atoms with Crippen LogP contribution < -0.4 is 0 Å². The molecule has 4 nitrogen and oxygen atoms in total. The Hall–Kier alpha value is -2.49. The van der Waals surface area contributed by atoms with Crippen LogP contribution in [0.1, 0.15) is 39.3 Å². The molecule has 96 valence electrons. The molecule has 4 heteroatoms. The van der Waals surface area contributed by atoms with Crippen LogP contribution >= 0.6 is 0 Å². The number of benzene rings is 1. The van der Waals surface area contributed by atoms with E-state index in [4.69, 9.17) is 4.74 Å². The van der Waals surface area contributed by atoms with Crippen molar-refractivity contribution >= 4 is 12.3 Å². The fraction of sp³-hybridized carbons (Fsp3) is 0.133. The van der Waals surface area contributed by atoms with Crippen LogP contribution in [0.4, 0.5) is 0 Å². The van der Waals surface area contributed by atoms with Gasteiger partial charge in [-0.25, -0.2) is 4.79 Å². The van der Waals surface area contributed by atoms with E-state index in [2.05, 4.69) is 4.98 Å². The molecule has 0 spiro atoms. The van der Waals surface area contributed by atoms with Gasteiger partial charge in [0.2, 0.25) is 0 Å². The SMILES string of the molecule is C[C@H](OC(=O)c1ccc(C=O)cc1)c1cccnc1. The first kappa shape index (κ1) is 13.0. The van der Waals surface area contributed by atoms with Crippen LogP contribution in [0.25, 0.3) is 0 Å². The number of esters is 1. The molecule has 1 aromatic heterocycles. The third kappa shape index (κ3) is 3.25. The first-order valence-electron chi connectivity index (χ1n) is 5.87. The molecule has 0 fully saturated rings. The van der Waals surface area contributed by atoms with Crippen LogP contribution in [0.3, 0.4) is 0 Å². The third-order valence-corrected chi connectivity index (χ3v) is 2.72. The minimum atomic E-state index is -0.422. The number of aldehydes is 1. The minimum absolute atomic E-state index is 0.369. The second-order valence-corrected chi connectivity index (χ2v) is 4.07. The van der Waals surface area contributed by atoms with Gasteiger partial charge in [0.15, 0.2) is 0 Å². The van der Waals surface area contributed by atoms with Crippen molar-refractivity contribution in [1.82, 2.24) is 4.98 Å². The summed E-state index contributed by atoms with van der Waals surface area (Å²) >= 11 is 0. The van der Waals surface area contributed by atoms with Gasteiger partial charge in [-0.05, 0) is 25.1 Å². The molecule has 2 aromatic rings. The van der Waals surface area contributed by atoms with Crippen LogP contribution in [0.2, 0.25) is 0 Å². The quantitative estimate of drug-likeness (QED) is 0.622. The maximum Gasteiger partial charge on any atom is 0.338 e. The van der Waals surface area contributed by atoms with Gasteiger partial charge in [0.1, 0.15) is 12.4 Å². The summed E-state index contributed by atoms with van der Waals surface area (Å²) in [5.74, 6) is -0.422. The molecule has 0 aliphatic carbocycles. The summed E-state index contributed by atoms with van der Waals surface area (Å²) < 4.78 is 5.33.